The van der Waals surface area contributed by atoms with E-state index in [-0.39, 0.29) is 5.82 Å². The summed E-state index contributed by atoms with van der Waals surface area (Å²) >= 11 is 0. The summed E-state index contributed by atoms with van der Waals surface area (Å²) in [4.78, 5) is 0. The van der Waals surface area contributed by atoms with Gasteiger partial charge >= 0.3 is 0 Å². The summed E-state index contributed by atoms with van der Waals surface area (Å²) in [6.45, 7) is 7.34. The average molecular weight is 263 g/mol. The normalized spacial score (nSPS) is 24.6. The summed E-state index contributed by atoms with van der Waals surface area (Å²) in [6, 6.07) is 6.04. The molecule has 1 N–H and O–H groups in total. The highest BCUT2D eigenvalue weighted by Crippen LogP contribution is 2.40. The van der Waals surface area contributed by atoms with Gasteiger partial charge in [0.25, 0.3) is 0 Å². The van der Waals surface area contributed by atoms with Crippen LogP contribution in [0.4, 0.5) is 4.39 Å². The van der Waals surface area contributed by atoms with Crippen LogP contribution in [0.1, 0.15) is 56.7 Å². The predicted molar refractivity (Wildman–Crippen MR) is 78.7 cm³/mol. The molecule has 3 unspecified atom stereocenters. The van der Waals surface area contributed by atoms with Gasteiger partial charge in [-0.2, -0.15) is 0 Å². The third-order valence-electron chi connectivity index (χ3n) is 4.53. The summed E-state index contributed by atoms with van der Waals surface area (Å²) in [7, 11) is 0. The van der Waals surface area contributed by atoms with Gasteiger partial charge in [0, 0.05) is 6.04 Å². The molecule has 2 heteroatoms. The van der Waals surface area contributed by atoms with Crippen molar-refractivity contribution in [3.8, 4) is 0 Å². The molecule has 0 saturated heterocycles. The van der Waals surface area contributed by atoms with Crippen LogP contribution in [0.5, 0.6) is 0 Å². The fourth-order valence-corrected chi connectivity index (χ4v) is 3.29. The van der Waals surface area contributed by atoms with Gasteiger partial charge in [-0.3, -0.25) is 0 Å². The summed E-state index contributed by atoms with van der Waals surface area (Å²) in [5.74, 6) is 1.30. The Morgan fingerprint density at radius 3 is 2.74 bits per heavy atom. The number of halogens is 1. The molecule has 0 heterocycles. The van der Waals surface area contributed by atoms with Crippen molar-refractivity contribution >= 4 is 0 Å². The van der Waals surface area contributed by atoms with Gasteiger partial charge in [-0.1, -0.05) is 38.8 Å². The highest BCUT2D eigenvalue weighted by molar-refractivity contribution is 5.26. The second kappa shape index (κ2) is 6.51. The van der Waals surface area contributed by atoms with Crippen LogP contribution in [-0.2, 0) is 0 Å². The standard InChI is InChI=1S/C17H26FN/c1-4-10-19-17(15-7-5-6-12(15)2)14-9-8-13(3)16(18)11-14/h8-9,11-12,15,17,19H,4-7,10H2,1-3H3. The SMILES string of the molecule is CCCNC(c1ccc(C)c(F)c1)C1CCCC1C. The Morgan fingerprint density at radius 2 is 2.16 bits per heavy atom. The van der Waals surface area contributed by atoms with E-state index >= 15 is 0 Å². The molecule has 0 aliphatic heterocycles. The number of nitrogens with one attached hydrogen (secondary N) is 1. The van der Waals surface area contributed by atoms with Crippen LogP contribution in [0.3, 0.4) is 0 Å². The van der Waals surface area contributed by atoms with Crippen molar-refractivity contribution in [2.75, 3.05) is 6.54 Å². The zero-order chi connectivity index (χ0) is 13.8. The zero-order valence-corrected chi connectivity index (χ0v) is 12.4. The molecule has 0 aromatic heterocycles. The second-order valence-corrected chi connectivity index (χ2v) is 6.01. The average Bonchev–Trinajstić information content (AvgIpc) is 2.80. The van der Waals surface area contributed by atoms with Crippen molar-refractivity contribution in [2.45, 2.75) is 52.5 Å². The van der Waals surface area contributed by atoms with Gasteiger partial charge < -0.3 is 5.32 Å². The molecule has 1 aliphatic carbocycles. The van der Waals surface area contributed by atoms with E-state index in [0.717, 1.165) is 30.0 Å². The fourth-order valence-electron chi connectivity index (χ4n) is 3.29. The van der Waals surface area contributed by atoms with E-state index in [2.05, 4.69) is 25.2 Å². The largest absolute Gasteiger partial charge is 0.310 e. The Hall–Kier alpha value is -0.890. The molecule has 1 saturated carbocycles. The predicted octanol–water partition coefficient (Wildman–Crippen LogP) is 4.61. The maximum Gasteiger partial charge on any atom is 0.126 e. The number of rotatable bonds is 5. The molecule has 0 spiro atoms. The van der Waals surface area contributed by atoms with Crippen LogP contribution >= 0.6 is 0 Å². The third kappa shape index (κ3) is 3.36. The highest BCUT2D eigenvalue weighted by Gasteiger charge is 2.31. The molecule has 1 aromatic rings. The lowest BCUT2D eigenvalue weighted by molar-refractivity contribution is 0.301. The van der Waals surface area contributed by atoms with Crippen LogP contribution in [0.15, 0.2) is 18.2 Å². The monoisotopic (exact) mass is 263 g/mol. The van der Waals surface area contributed by atoms with Crippen molar-refractivity contribution in [3.05, 3.63) is 35.1 Å². The van der Waals surface area contributed by atoms with E-state index in [1.807, 2.05) is 13.0 Å². The zero-order valence-electron chi connectivity index (χ0n) is 12.4. The molecule has 1 aliphatic rings. The van der Waals surface area contributed by atoms with Crippen LogP contribution in [0.2, 0.25) is 0 Å². The molecule has 3 atom stereocenters. The van der Waals surface area contributed by atoms with Gasteiger partial charge in [-0.15, -0.1) is 0 Å². The number of hydrogen-bond donors (Lipinski definition) is 1. The number of hydrogen-bond acceptors (Lipinski definition) is 1. The van der Waals surface area contributed by atoms with Gasteiger partial charge in [0.15, 0.2) is 0 Å². The van der Waals surface area contributed by atoms with Crippen LogP contribution in [0.25, 0.3) is 0 Å². The van der Waals surface area contributed by atoms with Crippen LogP contribution in [0, 0.1) is 24.6 Å². The van der Waals surface area contributed by atoms with E-state index in [0.29, 0.717) is 12.0 Å². The minimum atomic E-state index is -0.0774. The molecule has 106 valence electrons. The Bertz CT molecular complexity index is 416. The van der Waals surface area contributed by atoms with Gasteiger partial charge in [-0.05, 0) is 55.3 Å². The summed E-state index contributed by atoms with van der Waals surface area (Å²) in [5.41, 5.74) is 1.85. The highest BCUT2D eigenvalue weighted by atomic mass is 19.1. The number of aryl methyl sites for hydroxylation is 1. The summed E-state index contributed by atoms with van der Waals surface area (Å²) < 4.78 is 13.8. The molecule has 1 nitrogen and oxygen atoms in total. The molecule has 0 amide bonds. The van der Waals surface area contributed by atoms with Gasteiger partial charge in [0.2, 0.25) is 0 Å². The lowest BCUT2D eigenvalue weighted by atomic mass is 9.85. The maximum absolute atomic E-state index is 13.8. The molecule has 1 fully saturated rings. The van der Waals surface area contributed by atoms with Crippen molar-refractivity contribution in [1.29, 1.82) is 0 Å². The van der Waals surface area contributed by atoms with Gasteiger partial charge in [0.05, 0.1) is 0 Å². The molecule has 1 aromatic carbocycles. The molecule has 2 rings (SSSR count). The van der Waals surface area contributed by atoms with Gasteiger partial charge in [-0.25, -0.2) is 4.39 Å². The van der Waals surface area contributed by atoms with E-state index < -0.39 is 0 Å². The van der Waals surface area contributed by atoms with E-state index in [9.17, 15) is 4.39 Å². The number of benzene rings is 1. The lowest BCUT2D eigenvalue weighted by Crippen LogP contribution is -2.30. The Labute approximate surface area is 116 Å². The minimum absolute atomic E-state index is 0.0774. The van der Waals surface area contributed by atoms with Crippen molar-refractivity contribution in [1.82, 2.24) is 5.32 Å². The van der Waals surface area contributed by atoms with Crippen molar-refractivity contribution < 1.29 is 4.39 Å². The minimum Gasteiger partial charge on any atom is -0.310 e. The first kappa shape index (κ1) is 14.5. The Balaban J connectivity index is 2.22. The Kier molecular flexibility index (Phi) is 4.98. The first-order chi connectivity index (χ1) is 9.13. The van der Waals surface area contributed by atoms with E-state index in [4.69, 9.17) is 0 Å². The quantitative estimate of drug-likeness (QED) is 0.818. The van der Waals surface area contributed by atoms with E-state index in [1.165, 1.54) is 19.3 Å². The third-order valence-corrected chi connectivity index (χ3v) is 4.53. The summed E-state index contributed by atoms with van der Waals surface area (Å²) in [6.07, 6.45) is 5.00. The fraction of sp³-hybridized carbons (Fsp3) is 0.647. The lowest BCUT2D eigenvalue weighted by Gasteiger charge is -2.28. The second-order valence-electron chi connectivity index (χ2n) is 6.01. The maximum atomic E-state index is 13.8. The van der Waals surface area contributed by atoms with Crippen LogP contribution in [-0.4, -0.2) is 6.54 Å². The molecule has 0 bridgehead atoms. The topological polar surface area (TPSA) is 12.0 Å². The first-order valence-electron chi connectivity index (χ1n) is 7.63. The smallest absolute Gasteiger partial charge is 0.126 e. The summed E-state index contributed by atoms with van der Waals surface area (Å²) in [5, 5.41) is 3.64. The molecular formula is C17H26FN. The van der Waals surface area contributed by atoms with Crippen LogP contribution < -0.4 is 5.32 Å². The first-order valence-corrected chi connectivity index (χ1v) is 7.63. The molecule has 0 radical (unpaired) electrons. The van der Waals surface area contributed by atoms with E-state index in [1.54, 1.807) is 6.07 Å². The van der Waals surface area contributed by atoms with Crippen molar-refractivity contribution in [2.24, 2.45) is 11.8 Å². The molecule has 19 heavy (non-hydrogen) atoms. The molecular weight excluding hydrogens is 237 g/mol. The Morgan fingerprint density at radius 1 is 1.37 bits per heavy atom. The van der Waals surface area contributed by atoms with Gasteiger partial charge in [0.1, 0.15) is 5.82 Å². The van der Waals surface area contributed by atoms with Crippen molar-refractivity contribution in [3.63, 3.8) is 0 Å².